The van der Waals surface area contributed by atoms with Crippen molar-refractivity contribution in [2.24, 2.45) is 46.3 Å². The first-order chi connectivity index (χ1) is 18.8. The van der Waals surface area contributed by atoms with Crippen molar-refractivity contribution in [3.8, 4) is 0 Å². The van der Waals surface area contributed by atoms with Gasteiger partial charge in [0.05, 0.1) is 6.61 Å². The molecule has 0 aromatic carbocycles. The second-order valence-electron chi connectivity index (χ2n) is 13.9. The summed E-state index contributed by atoms with van der Waals surface area (Å²) in [4.78, 5) is 51.0. The van der Waals surface area contributed by atoms with Crippen molar-refractivity contribution in [2.75, 3.05) is 6.61 Å². The molecule has 0 saturated heterocycles. The van der Waals surface area contributed by atoms with Crippen LogP contribution in [-0.2, 0) is 33.4 Å². The first kappa shape index (κ1) is 29.1. The molecule has 5 rings (SSSR count). The van der Waals surface area contributed by atoms with Gasteiger partial charge in [-0.2, -0.15) is 0 Å². The number of rotatable bonds is 5. The molecule has 1 heterocycles. The molecule has 5 aliphatic rings. The van der Waals surface area contributed by atoms with E-state index in [0.29, 0.717) is 43.1 Å². The van der Waals surface area contributed by atoms with Crippen LogP contribution < -0.4 is 0 Å². The lowest BCUT2D eigenvalue weighted by molar-refractivity contribution is -0.156. The number of carbonyl (C=O) groups excluding carboxylic acids is 4. The van der Waals surface area contributed by atoms with Gasteiger partial charge in [-0.1, -0.05) is 39.3 Å². The molecule has 40 heavy (non-hydrogen) atoms. The molecule has 4 aliphatic carbocycles. The maximum atomic E-state index is 14.4. The Labute approximate surface area is 238 Å². The predicted octanol–water partition coefficient (Wildman–Crippen LogP) is 5.75. The fraction of sp³-hybridized carbons (Fsp3) is 0.758. The highest BCUT2D eigenvalue weighted by molar-refractivity contribution is 5.94. The van der Waals surface area contributed by atoms with E-state index >= 15 is 0 Å². The Kier molecular flexibility index (Phi) is 7.58. The van der Waals surface area contributed by atoms with Crippen LogP contribution in [0.1, 0.15) is 93.4 Å². The summed E-state index contributed by atoms with van der Waals surface area (Å²) in [7, 11) is 0. The highest BCUT2D eigenvalue weighted by atomic mass is 16.5. The number of hydrogen-bond acceptors (Lipinski definition) is 7. The topological polar surface area (TPSA) is 96.0 Å². The van der Waals surface area contributed by atoms with Crippen LogP contribution >= 0.6 is 0 Å². The van der Waals surface area contributed by atoms with Gasteiger partial charge in [-0.05, 0) is 68.1 Å². The monoisotopic (exact) mass is 554 g/mol. The van der Waals surface area contributed by atoms with E-state index in [1.54, 1.807) is 6.92 Å². The maximum absolute atomic E-state index is 14.4. The van der Waals surface area contributed by atoms with E-state index in [1.807, 2.05) is 0 Å². The number of hydrogen-bond donors (Lipinski definition) is 0. The zero-order valence-corrected chi connectivity index (χ0v) is 25.2. The minimum Gasteiger partial charge on any atom is -0.497 e. The Balaban J connectivity index is 1.51. The summed E-state index contributed by atoms with van der Waals surface area (Å²) in [6.07, 6.45) is 6.97. The molecule has 0 unspecified atom stereocenters. The van der Waals surface area contributed by atoms with Crippen LogP contribution in [0.25, 0.3) is 0 Å². The van der Waals surface area contributed by atoms with Gasteiger partial charge in [-0.25, -0.2) is 0 Å². The minimum atomic E-state index is -0.682. The van der Waals surface area contributed by atoms with Gasteiger partial charge in [0.1, 0.15) is 23.8 Å². The van der Waals surface area contributed by atoms with E-state index in [1.165, 1.54) is 19.4 Å². The summed E-state index contributed by atoms with van der Waals surface area (Å²) in [6, 6.07) is 0. The lowest BCUT2D eigenvalue weighted by Crippen LogP contribution is -2.55. The molecule has 0 aromatic rings. The van der Waals surface area contributed by atoms with Crippen LogP contribution in [-0.4, -0.2) is 42.3 Å². The fourth-order valence-electron chi connectivity index (χ4n) is 9.61. The molecule has 10 atom stereocenters. The van der Waals surface area contributed by atoms with Crippen LogP contribution in [0.2, 0.25) is 0 Å². The first-order valence-corrected chi connectivity index (χ1v) is 15.2. The SMILES string of the molecule is CC(=O)O[C@H]1CC[C@@]2(C)C(=CC[C@H]3[C@@H]4C[C@H](OC(C)=O)[C@H]([C@H](C)C5=C(C(C)=O)C[C@H](C)CO5)[C@@]4(C)C(=O)C[C@@H]32)C1. The minimum absolute atomic E-state index is 0.00870. The normalized spacial score (nSPS) is 41.5. The highest BCUT2D eigenvalue weighted by Crippen LogP contribution is 2.67. The number of carbonyl (C=O) groups is 4. The van der Waals surface area contributed by atoms with Crippen LogP contribution in [0.5, 0.6) is 0 Å². The number of esters is 2. The molecule has 7 heteroatoms. The molecular formula is C33H46O7. The smallest absolute Gasteiger partial charge is 0.302 e. The molecule has 7 nitrogen and oxygen atoms in total. The predicted molar refractivity (Wildman–Crippen MR) is 149 cm³/mol. The Morgan fingerprint density at radius 1 is 1.02 bits per heavy atom. The van der Waals surface area contributed by atoms with E-state index < -0.39 is 11.5 Å². The molecule has 1 aliphatic heterocycles. The zero-order chi connectivity index (χ0) is 29.1. The average molecular weight is 555 g/mol. The lowest BCUT2D eigenvalue weighted by atomic mass is 9.46. The van der Waals surface area contributed by atoms with Gasteiger partial charge in [0.2, 0.25) is 0 Å². The zero-order valence-electron chi connectivity index (χ0n) is 25.2. The highest BCUT2D eigenvalue weighted by Gasteiger charge is 2.67. The number of Topliss-reactive ketones (excluding diaryl/α,β-unsaturated/α-hetero) is 2. The summed E-state index contributed by atoms with van der Waals surface area (Å²) in [6.45, 7) is 13.6. The largest absolute Gasteiger partial charge is 0.497 e. The van der Waals surface area contributed by atoms with Crippen LogP contribution in [0.3, 0.4) is 0 Å². The van der Waals surface area contributed by atoms with Crippen molar-refractivity contribution >= 4 is 23.5 Å². The molecular weight excluding hydrogens is 508 g/mol. The summed E-state index contributed by atoms with van der Waals surface area (Å²) >= 11 is 0. The van der Waals surface area contributed by atoms with Crippen molar-refractivity contribution < 1.29 is 33.4 Å². The fourth-order valence-corrected chi connectivity index (χ4v) is 9.61. The van der Waals surface area contributed by atoms with Crippen molar-refractivity contribution in [3.63, 3.8) is 0 Å². The molecule has 0 amide bonds. The molecule has 220 valence electrons. The molecule has 0 spiro atoms. The van der Waals surface area contributed by atoms with E-state index in [2.05, 4.69) is 33.8 Å². The molecule has 3 fully saturated rings. The summed E-state index contributed by atoms with van der Waals surface area (Å²) in [5.74, 6) is 0.698. The molecule has 0 bridgehead atoms. The van der Waals surface area contributed by atoms with Crippen molar-refractivity contribution in [1.82, 2.24) is 0 Å². The van der Waals surface area contributed by atoms with Crippen molar-refractivity contribution in [3.05, 3.63) is 23.0 Å². The third-order valence-corrected chi connectivity index (χ3v) is 11.4. The van der Waals surface area contributed by atoms with E-state index in [0.717, 1.165) is 25.7 Å². The Hall–Kier alpha value is -2.44. The van der Waals surface area contributed by atoms with Gasteiger partial charge in [0.15, 0.2) is 5.78 Å². The molecule has 3 saturated carbocycles. The summed E-state index contributed by atoms with van der Waals surface area (Å²) in [5.41, 5.74) is 1.24. The average Bonchev–Trinajstić information content (AvgIpc) is 3.16. The van der Waals surface area contributed by atoms with Gasteiger partial charge in [0, 0.05) is 49.5 Å². The number of fused-ring (bicyclic) bond motifs is 5. The molecule has 0 N–H and O–H groups in total. The quantitative estimate of drug-likeness (QED) is 0.315. The second kappa shape index (κ2) is 10.4. The Morgan fingerprint density at radius 3 is 2.38 bits per heavy atom. The third kappa shape index (κ3) is 4.65. The van der Waals surface area contributed by atoms with E-state index in [-0.39, 0.29) is 64.6 Å². The Morgan fingerprint density at radius 2 is 1.73 bits per heavy atom. The lowest BCUT2D eigenvalue weighted by Gasteiger charge is -2.57. The number of ether oxygens (including phenoxy) is 3. The maximum Gasteiger partial charge on any atom is 0.302 e. The third-order valence-electron chi connectivity index (χ3n) is 11.4. The molecule has 0 radical (unpaired) electrons. The van der Waals surface area contributed by atoms with E-state index in [4.69, 9.17) is 14.2 Å². The van der Waals surface area contributed by atoms with Gasteiger partial charge in [-0.3, -0.25) is 19.2 Å². The Bertz CT molecular complexity index is 1170. The van der Waals surface area contributed by atoms with Gasteiger partial charge >= 0.3 is 11.9 Å². The van der Waals surface area contributed by atoms with Gasteiger partial charge in [-0.15, -0.1) is 0 Å². The van der Waals surface area contributed by atoms with Crippen LogP contribution in [0.15, 0.2) is 23.0 Å². The number of allylic oxidation sites excluding steroid dienone is 3. The first-order valence-electron chi connectivity index (χ1n) is 15.2. The van der Waals surface area contributed by atoms with Crippen molar-refractivity contribution in [1.29, 1.82) is 0 Å². The second-order valence-corrected chi connectivity index (χ2v) is 13.9. The molecule has 0 aromatic heterocycles. The number of ketones is 2. The van der Waals surface area contributed by atoms with Gasteiger partial charge < -0.3 is 14.2 Å². The van der Waals surface area contributed by atoms with Gasteiger partial charge in [0.25, 0.3) is 0 Å². The van der Waals surface area contributed by atoms with E-state index in [9.17, 15) is 19.2 Å². The summed E-state index contributed by atoms with van der Waals surface area (Å²) in [5, 5.41) is 0. The van der Waals surface area contributed by atoms with Crippen LogP contribution in [0.4, 0.5) is 0 Å². The van der Waals surface area contributed by atoms with Crippen LogP contribution in [0, 0.1) is 46.3 Å². The standard InChI is InChI=1S/C33H46O7/c1-17-12-25(19(3)34)31(38-16-17)18(2)30-28(40-21(5)36)14-27-24-9-8-22-13-23(39-20(4)35)10-11-32(22,6)26(24)15-29(37)33(27,30)7/h8,17-18,23-24,26-28,30H,9-16H2,1-7H3/t17-,18-,23-,24+,26-,27-,28-,30-,32-,33+/m0/s1. The van der Waals surface area contributed by atoms with Crippen molar-refractivity contribution in [2.45, 2.75) is 106 Å². The summed E-state index contributed by atoms with van der Waals surface area (Å²) < 4.78 is 17.8.